The van der Waals surface area contributed by atoms with Gasteiger partial charge in [0.05, 0.1) is 5.92 Å². The largest absolute Gasteiger partial charge is 0.481 e. The minimum absolute atomic E-state index is 0.0599. The highest BCUT2D eigenvalue weighted by molar-refractivity contribution is 5.95. The van der Waals surface area contributed by atoms with Gasteiger partial charge in [-0.1, -0.05) is 24.6 Å². The molecule has 1 aromatic carbocycles. The van der Waals surface area contributed by atoms with Gasteiger partial charge < -0.3 is 10.0 Å². The van der Waals surface area contributed by atoms with E-state index in [0.29, 0.717) is 19.4 Å². The Morgan fingerprint density at radius 2 is 1.85 bits per heavy atom. The number of rotatable bonds is 4. The van der Waals surface area contributed by atoms with Crippen molar-refractivity contribution in [1.82, 2.24) is 0 Å². The second-order valence-corrected chi connectivity index (χ2v) is 5.32. The van der Waals surface area contributed by atoms with Crippen LogP contribution in [0.5, 0.6) is 0 Å². The van der Waals surface area contributed by atoms with Crippen molar-refractivity contribution in [2.75, 3.05) is 11.4 Å². The summed E-state index contributed by atoms with van der Waals surface area (Å²) in [6.45, 7) is 2.56. The maximum Gasteiger partial charge on any atom is 0.306 e. The van der Waals surface area contributed by atoms with Crippen LogP contribution >= 0.6 is 0 Å². The molecule has 0 bridgehead atoms. The van der Waals surface area contributed by atoms with Crippen molar-refractivity contribution in [3.05, 3.63) is 30.3 Å². The van der Waals surface area contributed by atoms with Crippen molar-refractivity contribution < 1.29 is 14.7 Å². The third kappa shape index (κ3) is 3.18. The highest BCUT2D eigenvalue weighted by Gasteiger charge is 2.33. The predicted molar refractivity (Wildman–Crippen MR) is 77.6 cm³/mol. The lowest BCUT2D eigenvalue weighted by atomic mass is 9.80. The monoisotopic (exact) mass is 275 g/mol. The molecule has 4 nitrogen and oxygen atoms in total. The number of para-hydroxylation sites is 1. The zero-order valence-electron chi connectivity index (χ0n) is 11.8. The summed E-state index contributed by atoms with van der Waals surface area (Å²) in [4.78, 5) is 25.5. The molecule has 1 fully saturated rings. The average Bonchev–Trinajstić information content (AvgIpc) is 2.49. The van der Waals surface area contributed by atoms with Gasteiger partial charge in [-0.05, 0) is 38.3 Å². The van der Waals surface area contributed by atoms with Crippen molar-refractivity contribution in [3.8, 4) is 0 Å². The molecule has 4 heteroatoms. The Bertz CT molecular complexity index is 472. The van der Waals surface area contributed by atoms with E-state index in [0.717, 1.165) is 18.5 Å². The molecule has 1 aliphatic carbocycles. The van der Waals surface area contributed by atoms with Gasteiger partial charge in [-0.25, -0.2) is 0 Å². The standard InChI is InChI=1S/C16H21NO3/c1-2-17(14-9-4-3-5-10-14)15(18)12-7-6-8-13(11-12)16(19)20/h3-5,9-10,12-13H,2,6-8,11H2,1H3,(H,19,20). The van der Waals surface area contributed by atoms with Crippen LogP contribution in [-0.4, -0.2) is 23.5 Å². The van der Waals surface area contributed by atoms with Gasteiger partial charge >= 0.3 is 5.97 Å². The van der Waals surface area contributed by atoms with Crippen LogP contribution in [0.3, 0.4) is 0 Å². The van der Waals surface area contributed by atoms with Crippen LogP contribution in [0.4, 0.5) is 5.69 Å². The topological polar surface area (TPSA) is 57.6 Å². The lowest BCUT2D eigenvalue weighted by molar-refractivity contribution is -0.143. The third-order valence-corrected chi connectivity index (χ3v) is 4.02. The quantitative estimate of drug-likeness (QED) is 0.919. The number of hydrogen-bond donors (Lipinski definition) is 1. The second-order valence-electron chi connectivity index (χ2n) is 5.32. The van der Waals surface area contributed by atoms with Crippen LogP contribution < -0.4 is 4.90 Å². The maximum absolute atomic E-state index is 12.6. The van der Waals surface area contributed by atoms with E-state index < -0.39 is 5.97 Å². The van der Waals surface area contributed by atoms with Crippen LogP contribution in [0.25, 0.3) is 0 Å². The fraction of sp³-hybridized carbons (Fsp3) is 0.500. The Hall–Kier alpha value is -1.84. The van der Waals surface area contributed by atoms with Gasteiger partial charge in [-0.2, -0.15) is 0 Å². The van der Waals surface area contributed by atoms with Crippen molar-refractivity contribution >= 4 is 17.6 Å². The third-order valence-electron chi connectivity index (χ3n) is 4.02. The van der Waals surface area contributed by atoms with Crippen molar-refractivity contribution in [1.29, 1.82) is 0 Å². The summed E-state index contributed by atoms with van der Waals surface area (Å²) in [6, 6.07) is 9.57. The maximum atomic E-state index is 12.6. The number of anilines is 1. The van der Waals surface area contributed by atoms with Crippen molar-refractivity contribution in [3.63, 3.8) is 0 Å². The predicted octanol–water partition coefficient (Wildman–Crippen LogP) is 2.93. The molecule has 1 N–H and O–H groups in total. The summed E-state index contributed by atoms with van der Waals surface area (Å²) in [5.41, 5.74) is 0.887. The van der Waals surface area contributed by atoms with Crippen LogP contribution in [0, 0.1) is 11.8 Å². The Labute approximate surface area is 119 Å². The Morgan fingerprint density at radius 3 is 2.45 bits per heavy atom. The summed E-state index contributed by atoms with van der Waals surface area (Å²) in [7, 11) is 0. The first kappa shape index (κ1) is 14.6. The van der Waals surface area contributed by atoms with E-state index in [9.17, 15) is 9.59 Å². The minimum Gasteiger partial charge on any atom is -0.481 e. The van der Waals surface area contributed by atoms with E-state index >= 15 is 0 Å². The van der Waals surface area contributed by atoms with E-state index in [1.807, 2.05) is 37.3 Å². The van der Waals surface area contributed by atoms with Crippen LogP contribution in [0.15, 0.2) is 30.3 Å². The molecule has 0 aliphatic heterocycles. The molecule has 0 aromatic heterocycles. The van der Waals surface area contributed by atoms with Crippen LogP contribution in [0.1, 0.15) is 32.6 Å². The lowest BCUT2D eigenvalue weighted by Crippen LogP contribution is -2.39. The summed E-state index contributed by atoms with van der Waals surface area (Å²) < 4.78 is 0. The lowest BCUT2D eigenvalue weighted by Gasteiger charge is -2.30. The molecule has 0 saturated heterocycles. The SMILES string of the molecule is CCN(C(=O)C1CCCC(C(=O)O)C1)c1ccccc1. The van der Waals surface area contributed by atoms with Gasteiger partial charge in [0.15, 0.2) is 0 Å². The number of nitrogens with zero attached hydrogens (tertiary/aromatic N) is 1. The summed E-state index contributed by atoms with van der Waals surface area (Å²) in [6.07, 6.45) is 2.78. The summed E-state index contributed by atoms with van der Waals surface area (Å²) in [5, 5.41) is 9.13. The number of amides is 1. The number of carbonyl (C=O) groups is 2. The van der Waals surface area contributed by atoms with Gasteiger partial charge in [0.2, 0.25) is 5.91 Å². The molecule has 1 amide bonds. The zero-order chi connectivity index (χ0) is 14.5. The van der Waals surface area contributed by atoms with Crippen LogP contribution in [0.2, 0.25) is 0 Å². The Balaban J connectivity index is 2.11. The zero-order valence-corrected chi connectivity index (χ0v) is 11.8. The first-order chi connectivity index (χ1) is 9.63. The summed E-state index contributed by atoms with van der Waals surface area (Å²) in [5.74, 6) is -1.24. The molecule has 1 saturated carbocycles. The fourth-order valence-electron chi connectivity index (χ4n) is 2.93. The molecule has 1 aromatic rings. The molecule has 2 atom stereocenters. The fourth-order valence-corrected chi connectivity index (χ4v) is 2.93. The molecular weight excluding hydrogens is 254 g/mol. The Kier molecular flexibility index (Phi) is 4.77. The minimum atomic E-state index is -0.773. The van der Waals surface area contributed by atoms with E-state index in [-0.39, 0.29) is 17.7 Å². The van der Waals surface area contributed by atoms with Crippen molar-refractivity contribution in [2.24, 2.45) is 11.8 Å². The average molecular weight is 275 g/mol. The highest BCUT2D eigenvalue weighted by atomic mass is 16.4. The van der Waals surface area contributed by atoms with E-state index in [2.05, 4.69) is 0 Å². The molecule has 0 heterocycles. The number of aliphatic carboxylic acids is 1. The molecule has 0 radical (unpaired) electrons. The van der Waals surface area contributed by atoms with Gasteiger partial charge in [0, 0.05) is 18.2 Å². The van der Waals surface area contributed by atoms with E-state index in [1.54, 1.807) is 4.90 Å². The van der Waals surface area contributed by atoms with Crippen LogP contribution in [-0.2, 0) is 9.59 Å². The molecule has 0 spiro atoms. The van der Waals surface area contributed by atoms with Gasteiger partial charge in [0.25, 0.3) is 0 Å². The molecule has 20 heavy (non-hydrogen) atoms. The number of carbonyl (C=O) groups excluding carboxylic acids is 1. The summed E-state index contributed by atoms with van der Waals surface area (Å²) >= 11 is 0. The normalized spacial score (nSPS) is 22.2. The van der Waals surface area contributed by atoms with Gasteiger partial charge in [0.1, 0.15) is 0 Å². The first-order valence-corrected chi connectivity index (χ1v) is 7.22. The van der Waals surface area contributed by atoms with Gasteiger partial charge in [-0.3, -0.25) is 9.59 Å². The number of hydrogen-bond acceptors (Lipinski definition) is 2. The van der Waals surface area contributed by atoms with Crippen molar-refractivity contribution in [2.45, 2.75) is 32.6 Å². The molecule has 2 unspecified atom stereocenters. The molecule has 108 valence electrons. The molecular formula is C16H21NO3. The van der Waals surface area contributed by atoms with E-state index in [4.69, 9.17) is 5.11 Å². The number of benzene rings is 1. The number of carboxylic acid groups (broad SMARTS) is 1. The highest BCUT2D eigenvalue weighted by Crippen LogP contribution is 2.31. The smallest absolute Gasteiger partial charge is 0.306 e. The van der Waals surface area contributed by atoms with E-state index in [1.165, 1.54) is 0 Å². The first-order valence-electron chi connectivity index (χ1n) is 7.22. The van der Waals surface area contributed by atoms with Gasteiger partial charge in [-0.15, -0.1) is 0 Å². The molecule has 1 aliphatic rings. The second kappa shape index (κ2) is 6.55. The molecule has 2 rings (SSSR count). The number of carboxylic acids is 1. The Morgan fingerprint density at radius 1 is 1.20 bits per heavy atom.